The number of aryl methyl sites for hydroxylation is 1. The molecule has 0 radical (unpaired) electrons. The summed E-state index contributed by atoms with van der Waals surface area (Å²) in [5.74, 6) is -0.808. The molecule has 0 amide bonds. The van der Waals surface area contributed by atoms with E-state index in [4.69, 9.17) is 0 Å². The van der Waals surface area contributed by atoms with Crippen molar-refractivity contribution in [3.05, 3.63) is 29.3 Å². The summed E-state index contributed by atoms with van der Waals surface area (Å²) in [6, 6.07) is 3.90. The second-order valence-corrected chi connectivity index (χ2v) is 6.13. The van der Waals surface area contributed by atoms with E-state index >= 15 is 0 Å². The lowest BCUT2D eigenvalue weighted by atomic mass is 9.81. The monoisotopic (exact) mass is 280 g/mol. The largest absolute Gasteiger partial charge is 0.361 e. The van der Waals surface area contributed by atoms with E-state index in [1.165, 1.54) is 12.1 Å². The van der Waals surface area contributed by atoms with E-state index in [9.17, 15) is 8.78 Å². The van der Waals surface area contributed by atoms with Crippen molar-refractivity contribution in [2.75, 3.05) is 11.9 Å². The Labute approximate surface area is 119 Å². The zero-order valence-electron chi connectivity index (χ0n) is 12.1. The average Bonchev–Trinajstić information content (AvgIpc) is 2.43. The summed E-state index contributed by atoms with van der Waals surface area (Å²) in [6.45, 7) is 1.70. The molecular formula is C16H22F2N2. The molecule has 2 aliphatic rings. The maximum Gasteiger partial charge on any atom is 0.152 e. The van der Waals surface area contributed by atoms with Crippen LogP contribution in [-0.4, -0.2) is 25.2 Å². The van der Waals surface area contributed by atoms with E-state index in [-0.39, 0.29) is 23.6 Å². The van der Waals surface area contributed by atoms with Gasteiger partial charge in [-0.1, -0.05) is 6.07 Å². The molecule has 0 aliphatic carbocycles. The number of nitrogens with one attached hydrogen (secondary N) is 1. The molecular weight excluding hydrogens is 258 g/mol. The van der Waals surface area contributed by atoms with Crippen LogP contribution in [0.3, 0.4) is 0 Å². The fraction of sp³-hybridized carbons (Fsp3) is 0.625. The first kappa shape index (κ1) is 13.8. The molecule has 4 heteroatoms. The number of benzene rings is 1. The Morgan fingerprint density at radius 3 is 2.40 bits per heavy atom. The fourth-order valence-electron chi connectivity index (χ4n) is 3.86. The highest BCUT2D eigenvalue weighted by Gasteiger charge is 2.40. The maximum atomic E-state index is 14.4. The summed E-state index contributed by atoms with van der Waals surface area (Å²) in [7, 11) is 1.98. The Bertz CT molecular complexity index is 489. The van der Waals surface area contributed by atoms with Gasteiger partial charge in [-0.2, -0.15) is 0 Å². The Hall–Kier alpha value is -1.16. The van der Waals surface area contributed by atoms with Crippen LogP contribution in [0.25, 0.3) is 0 Å². The first-order valence-corrected chi connectivity index (χ1v) is 7.52. The van der Waals surface area contributed by atoms with Crippen molar-refractivity contribution in [2.45, 2.75) is 57.2 Å². The van der Waals surface area contributed by atoms with Gasteiger partial charge in [-0.3, -0.25) is 0 Å². The Morgan fingerprint density at radius 2 is 1.80 bits per heavy atom. The normalized spacial score (nSPS) is 29.6. The molecule has 2 heterocycles. The zero-order valence-corrected chi connectivity index (χ0v) is 12.1. The lowest BCUT2D eigenvalue weighted by Gasteiger charge is -2.50. The fourth-order valence-corrected chi connectivity index (χ4v) is 3.86. The van der Waals surface area contributed by atoms with E-state index in [0.717, 1.165) is 32.1 Å². The lowest BCUT2D eigenvalue weighted by Crippen LogP contribution is -2.56. The molecule has 110 valence electrons. The summed E-state index contributed by atoms with van der Waals surface area (Å²) in [4.78, 5) is 2.04. The molecule has 2 atom stereocenters. The van der Waals surface area contributed by atoms with Crippen LogP contribution in [0.5, 0.6) is 0 Å². The molecule has 0 spiro atoms. The first-order chi connectivity index (χ1) is 9.61. The number of hydrogen-bond donors (Lipinski definition) is 1. The smallest absolute Gasteiger partial charge is 0.152 e. The van der Waals surface area contributed by atoms with Crippen LogP contribution >= 0.6 is 0 Å². The molecule has 2 fully saturated rings. The number of hydrogen-bond acceptors (Lipinski definition) is 2. The maximum absolute atomic E-state index is 14.4. The van der Waals surface area contributed by atoms with Gasteiger partial charge in [0, 0.05) is 18.1 Å². The highest BCUT2D eigenvalue weighted by atomic mass is 19.1. The number of piperidine rings is 2. The second-order valence-electron chi connectivity index (χ2n) is 6.13. The Morgan fingerprint density at radius 1 is 1.15 bits per heavy atom. The first-order valence-electron chi connectivity index (χ1n) is 7.52. The number of nitrogens with zero attached hydrogens (tertiary/aromatic N) is 1. The van der Waals surface area contributed by atoms with Gasteiger partial charge in [0.1, 0.15) is 11.5 Å². The van der Waals surface area contributed by atoms with Gasteiger partial charge >= 0.3 is 0 Å². The van der Waals surface area contributed by atoms with Gasteiger partial charge in [-0.25, -0.2) is 8.78 Å². The molecule has 1 aromatic carbocycles. The molecule has 2 nitrogen and oxygen atoms in total. The quantitative estimate of drug-likeness (QED) is 0.893. The van der Waals surface area contributed by atoms with E-state index in [0.29, 0.717) is 11.6 Å². The molecule has 2 unspecified atom stereocenters. The van der Waals surface area contributed by atoms with Crippen molar-refractivity contribution in [3.63, 3.8) is 0 Å². The minimum atomic E-state index is -0.423. The predicted octanol–water partition coefficient (Wildman–Crippen LogP) is 3.38. The standard InChI is InChI=1S/C16H22F2N2/c1-10-6-7-14(17)16(15(10)18)20-12-4-3-5-13(20)9-11(8-12)19-2/h6-7,11-13,19H,3-5,8-9H2,1-2H3. The highest BCUT2D eigenvalue weighted by molar-refractivity contribution is 5.54. The number of rotatable bonds is 2. The molecule has 2 saturated heterocycles. The van der Waals surface area contributed by atoms with Crippen LogP contribution < -0.4 is 10.2 Å². The lowest BCUT2D eigenvalue weighted by molar-refractivity contribution is 0.248. The topological polar surface area (TPSA) is 15.3 Å². The van der Waals surface area contributed by atoms with Gasteiger partial charge in [-0.15, -0.1) is 0 Å². The molecule has 1 N–H and O–H groups in total. The molecule has 2 bridgehead atoms. The SMILES string of the molecule is CNC1CC2CCCC(C1)N2c1c(F)ccc(C)c1F. The van der Waals surface area contributed by atoms with Crippen LogP contribution in [0.2, 0.25) is 0 Å². The van der Waals surface area contributed by atoms with Crippen molar-refractivity contribution < 1.29 is 8.78 Å². The van der Waals surface area contributed by atoms with Crippen LogP contribution in [0.4, 0.5) is 14.5 Å². The third-order valence-corrected chi connectivity index (χ3v) is 4.90. The van der Waals surface area contributed by atoms with E-state index < -0.39 is 5.82 Å². The molecule has 2 aliphatic heterocycles. The molecule has 0 saturated carbocycles. The summed E-state index contributed by atoms with van der Waals surface area (Å²) >= 11 is 0. The van der Waals surface area contributed by atoms with Gasteiger partial charge in [0.05, 0.1) is 0 Å². The van der Waals surface area contributed by atoms with Crippen LogP contribution in [-0.2, 0) is 0 Å². The van der Waals surface area contributed by atoms with E-state index in [1.807, 2.05) is 11.9 Å². The average molecular weight is 280 g/mol. The summed E-state index contributed by atoms with van der Waals surface area (Å²) in [5, 5.41) is 3.33. The minimum absolute atomic E-state index is 0.203. The van der Waals surface area contributed by atoms with E-state index in [2.05, 4.69) is 5.32 Å². The Balaban J connectivity index is 2.00. The van der Waals surface area contributed by atoms with Gasteiger partial charge in [-0.05, 0) is 57.7 Å². The van der Waals surface area contributed by atoms with Crippen molar-refractivity contribution in [1.29, 1.82) is 0 Å². The van der Waals surface area contributed by atoms with Crippen molar-refractivity contribution in [2.24, 2.45) is 0 Å². The van der Waals surface area contributed by atoms with Crippen LogP contribution in [0, 0.1) is 18.6 Å². The number of anilines is 1. The predicted molar refractivity (Wildman–Crippen MR) is 77.1 cm³/mol. The Kier molecular flexibility index (Phi) is 3.67. The summed E-state index contributed by atoms with van der Waals surface area (Å²) < 4.78 is 28.6. The number of halogens is 2. The van der Waals surface area contributed by atoms with Gasteiger partial charge in [0.2, 0.25) is 0 Å². The van der Waals surface area contributed by atoms with E-state index in [1.54, 1.807) is 6.92 Å². The third kappa shape index (κ3) is 2.20. The summed E-state index contributed by atoms with van der Waals surface area (Å²) in [5.41, 5.74) is 0.726. The number of fused-ring (bicyclic) bond motifs is 2. The van der Waals surface area contributed by atoms with Gasteiger partial charge < -0.3 is 10.2 Å². The summed E-state index contributed by atoms with van der Waals surface area (Å²) in [6.07, 6.45) is 5.17. The molecule has 20 heavy (non-hydrogen) atoms. The second kappa shape index (κ2) is 5.32. The van der Waals surface area contributed by atoms with Crippen LogP contribution in [0.1, 0.15) is 37.7 Å². The van der Waals surface area contributed by atoms with Crippen molar-refractivity contribution in [3.8, 4) is 0 Å². The third-order valence-electron chi connectivity index (χ3n) is 4.90. The minimum Gasteiger partial charge on any atom is -0.361 e. The molecule has 0 aromatic heterocycles. The van der Waals surface area contributed by atoms with Crippen molar-refractivity contribution in [1.82, 2.24) is 5.32 Å². The van der Waals surface area contributed by atoms with Crippen molar-refractivity contribution >= 4 is 5.69 Å². The zero-order chi connectivity index (χ0) is 14.3. The van der Waals surface area contributed by atoms with Gasteiger partial charge in [0.15, 0.2) is 5.82 Å². The molecule has 1 aromatic rings. The highest BCUT2D eigenvalue weighted by Crippen LogP contribution is 2.40. The van der Waals surface area contributed by atoms with Crippen LogP contribution in [0.15, 0.2) is 12.1 Å². The van der Waals surface area contributed by atoms with Gasteiger partial charge in [0.25, 0.3) is 0 Å². The molecule has 3 rings (SSSR count).